The molecule has 0 aliphatic carbocycles. The van der Waals surface area contributed by atoms with Gasteiger partial charge in [0.05, 0.1) is 4.47 Å². The lowest BCUT2D eigenvalue weighted by atomic mass is 10.1. The molecule has 0 aromatic heterocycles. The standard InChI is InChI=1S/C12H17BrFNS/c1-3-8(2)16-7-11(15)9-5-4-6-10(13)12(9)14/h4-6,8,11H,3,7,15H2,1-2H3. The smallest absolute Gasteiger partial charge is 0.142 e. The molecule has 0 heterocycles. The zero-order chi connectivity index (χ0) is 12.1. The Morgan fingerprint density at radius 3 is 2.81 bits per heavy atom. The van der Waals surface area contributed by atoms with E-state index in [1.807, 2.05) is 6.07 Å². The molecule has 4 heteroatoms. The van der Waals surface area contributed by atoms with E-state index >= 15 is 0 Å². The van der Waals surface area contributed by atoms with Crippen molar-refractivity contribution in [1.82, 2.24) is 0 Å². The van der Waals surface area contributed by atoms with Crippen molar-refractivity contribution in [2.45, 2.75) is 31.6 Å². The highest BCUT2D eigenvalue weighted by atomic mass is 79.9. The lowest BCUT2D eigenvalue weighted by Crippen LogP contribution is -2.16. The molecule has 2 unspecified atom stereocenters. The van der Waals surface area contributed by atoms with Crippen molar-refractivity contribution >= 4 is 27.7 Å². The lowest BCUT2D eigenvalue weighted by Gasteiger charge is -2.15. The second-order valence-electron chi connectivity index (χ2n) is 3.80. The Kier molecular flexibility index (Phi) is 5.79. The van der Waals surface area contributed by atoms with Gasteiger partial charge in [-0.25, -0.2) is 4.39 Å². The van der Waals surface area contributed by atoms with Gasteiger partial charge in [0.15, 0.2) is 0 Å². The molecule has 0 fully saturated rings. The maximum absolute atomic E-state index is 13.7. The second kappa shape index (κ2) is 6.62. The second-order valence-corrected chi connectivity index (χ2v) is 6.13. The summed E-state index contributed by atoms with van der Waals surface area (Å²) in [5.74, 6) is 0.516. The molecule has 0 saturated heterocycles. The molecule has 1 rings (SSSR count). The molecule has 1 aromatic rings. The fraction of sp³-hybridized carbons (Fsp3) is 0.500. The van der Waals surface area contributed by atoms with Crippen molar-refractivity contribution in [3.8, 4) is 0 Å². The third-order valence-electron chi connectivity index (χ3n) is 2.52. The Morgan fingerprint density at radius 2 is 2.19 bits per heavy atom. The van der Waals surface area contributed by atoms with Crippen molar-refractivity contribution in [2.75, 3.05) is 5.75 Å². The first-order valence-electron chi connectivity index (χ1n) is 5.37. The molecule has 0 aliphatic heterocycles. The molecule has 0 amide bonds. The summed E-state index contributed by atoms with van der Waals surface area (Å²) >= 11 is 4.96. The molecule has 1 nitrogen and oxygen atoms in total. The van der Waals surface area contributed by atoms with Gasteiger partial charge in [0, 0.05) is 22.6 Å². The highest BCUT2D eigenvalue weighted by Gasteiger charge is 2.14. The number of thioether (sulfide) groups is 1. The normalized spacial score (nSPS) is 14.8. The van der Waals surface area contributed by atoms with Crippen LogP contribution in [0.15, 0.2) is 22.7 Å². The minimum Gasteiger partial charge on any atom is -0.323 e. The average Bonchev–Trinajstić information content (AvgIpc) is 2.29. The fourth-order valence-electron chi connectivity index (χ4n) is 1.28. The number of nitrogens with two attached hydrogens (primary N) is 1. The van der Waals surface area contributed by atoms with Crippen molar-refractivity contribution in [3.63, 3.8) is 0 Å². The van der Waals surface area contributed by atoms with E-state index in [1.165, 1.54) is 0 Å². The third kappa shape index (κ3) is 3.75. The van der Waals surface area contributed by atoms with Crippen LogP contribution in [0.2, 0.25) is 0 Å². The number of hydrogen-bond donors (Lipinski definition) is 1. The molecule has 0 bridgehead atoms. The summed E-state index contributed by atoms with van der Waals surface area (Å²) in [5.41, 5.74) is 6.57. The van der Waals surface area contributed by atoms with Crippen molar-refractivity contribution in [3.05, 3.63) is 34.1 Å². The van der Waals surface area contributed by atoms with E-state index in [9.17, 15) is 4.39 Å². The van der Waals surface area contributed by atoms with Gasteiger partial charge in [-0.15, -0.1) is 0 Å². The summed E-state index contributed by atoms with van der Waals surface area (Å²) in [4.78, 5) is 0. The summed E-state index contributed by atoms with van der Waals surface area (Å²) in [6.07, 6.45) is 1.11. The van der Waals surface area contributed by atoms with Crippen LogP contribution in [-0.2, 0) is 0 Å². The van der Waals surface area contributed by atoms with Crippen molar-refractivity contribution in [2.24, 2.45) is 5.73 Å². The van der Waals surface area contributed by atoms with E-state index in [0.717, 1.165) is 12.2 Å². The highest BCUT2D eigenvalue weighted by Crippen LogP contribution is 2.26. The number of benzene rings is 1. The summed E-state index contributed by atoms with van der Waals surface area (Å²) < 4.78 is 14.2. The van der Waals surface area contributed by atoms with Crippen LogP contribution in [0.4, 0.5) is 4.39 Å². The van der Waals surface area contributed by atoms with Crippen LogP contribution in [0, 0.1) is 5.82 Å². The Labute approximate surface area is 109 Å². The molecule has 2 N–H and O–H groups in total. The van der Waals surface area contributed by atoms with Gasteiger partial charge in [-0.3, -0.25) is 0 Å². The van der Waals surface area contributed by atoms with Gasteiger partial charge in [-0.1, -0.05) is 26.0 Å². The molecule has 0 aliphatic rings. The fourth-order valence-corrected chi connectivity index (χ4v) is 2.62. The lowest BCUT2D eigenvalue weighted by molar-refractivity contribution is 0.589. The van der Waals surface area contributed by atoms with Crippen LogP contribution in [0.25, 0.3) is 0 Å². The van der Waals surface area contributed by atoms with Gasteiger partial charge in [0.2, 0.25) is 0 Å². The van der Waals surface area contributed by atoms with Crippen LogP contribution in [0.3, 0.4) is 0 Å². The largest absolute Gasteiger partial charge is 0.323 e. The molecular weight excluding hydrogens is 289 g/mol. The van der Waals surface area contributed by atoms with Crippen LogP contribution in [0.1, 0.15) is 31.9 Å². The Bertz CT molecular complexity index is 346. The summed E-state index contributed by atoms with van der Waals surface area (Å²) in [6, 6.07) is 5.02. The molecular formula is C12H17BrFNS. The van der Waals surface area contributed by atoms with Gasteiger partial charge < -0.3 is 5.73 Å². The minimum atomic E-state index is -0.239. The summed E-state index contributed by atoms with van der Waals surface area (Å²) in [5, 5.41) is 0.571. The predicted octanol–water partition coefficient (Wildman–Crippen LogP) is 4.12. The first kappa shape index (κ1) is 14.0. The molecule has 2 atom stereocenters. The van der Waals surface area contributed by atoms with Gasteiger partial charge in [0.1, 0.15) is 5.82 Å². The quantitative estimate of drug-likeness (QED) is 0.885. The molecule has 16 heavy (non-hydrogen) atoms. The van der Waals surface area contributed by atoms with E-state index in [1.54, 1.807) is 23.9 Å². The Hall–Kier alpha value is -0.0600. The Balaban J connectivity index is 2.66. The maximum Gasteiger partial charge on any atom is 0.142 e. The first-order chi connectivity index (χ1) is 7.56. The van der Waals surface area contributed by atoms with Gasteiger partial charge >= 0.3 is 0 Å². The SMILES string of the molecule is CCC(C)SCC(N)c1cccc(Br)c1F. The highest BCUT2D eigenvalue weighted by molar-refractivity contribution is 9.10. The van der Waals surface area contributed by atoms with E-state index in [2.05, 4.69) is 29.8 Å². The van der Waals surface area contributed by atoms with Gasteiger partial charge in [-0.2, -0.15) is 11.8 Å². The van der Waals surface area contributed by atoms with E-state index in [0.29, 0.717) is 15.3 Å². The topological polar surface area (TPSA) is 26.0 Å². The van der Waals surface area contributed by atoms with Crippen LogP contribution < -0.4 is 5.73 Å². The first-order valence-corrected chi connectivity index (χ1v) is 7.21. The van der Waals surface area contributed by atoms with Gasteiger partial charge in [-0.05, 0) is 28.4 Å². The summed E-state index contributed by atoms with van der Waals surface area (Å²) in [7, 11) is 0. The van der Waals surface area contributed by atoms with E-state index in [4.69, 9.17) is 5.73 Å². The zero-order valence-electron chi connectivity index (χ0n) is 9.54. The van der Waals surface area contributed by atoms with E-state index < -0.39 is 0 Å². The van der Waals surface area contributed by atoms with Crippen LogP contribution >= 0.6 is 27.7 Å². The van der Waals surface area contributed by atoms with Crippen molar-refractivity contribution < 1.29 is 4.39 Å². The Morgan fingerprint density at radius 1 is 1.50 bits per heavy atom. The third-order valence-corrected chi connectivity index (χ3v) is 4.58. The average molecular weight is 306 g/mol. The molecule has 0 radical (unpaired) electrons. The van der Waals surface area contributed by atoms with Crippen LogP contribution in [-0.4, -0.2) is 11.0 Å². The number of rotatable bonds is 5. The predicted molar refractivity (Wildman–Crippen MR) is 73.2 cm³/mol. The van der Waals surface area contributed by atoms with Crippen molar-refractivity contribution in [1.29, 1.82) is 0 Å². The van der Waals surface area contributed by atoms with Crippen LogP contribution in [0.5, 0.6) is 0 Å². The summed E-state index contributed by atoms with van der Waals surface area (Å²) in [6.45, 7) is 4.30. The zero-order valence-corrected chi connectivity index (χ0v) is 11.9. The number of halogens is 2. The minimum absolute atomic E-state index is 0.236. The molecule has 0 spiro atoms. The molecule has 0 saturated carbocycles. The monoisotopic (exact) mass is 305 g/mol. The molecule has 90 valence electrons. The van der Waals surface area contributed by atoms with Gasteiger partial charge in [0.25, 0.3) is 0 Å². The number of hydrogen-bond acceptors (Lipinski definition) is 2. The molecule has 1 aromatic carbocycles. The maximum atomic E-state index is 13.7. The van der Waals surface area contributed by atoms with E-state index in [-0.39, 0.29) is 11.9 Å².